The van der Waals surface area contributed by atoms with Crippen molar-refractivity contribution in [1.82, 2.24) is 10.2 Å². The third-order valence-corrected chi connectivity index (χ3v) is 3.03. The van der Waals surface area contributed by atoms with Gasteiger partial charge in [0.15, 0.2) is 0 Å². The summed E-state index contributed by atoms with van der Waals surface area (Å²) >= 11 is 0.920. The van der Waals surface area contributed by atoms with Gasteiger partial charge in [-0.15, -0.1) is 10.2 Å². The number of hydrogen-bond acceptors (Lipinski definition) is 7. The normalized spacial score (nSPS) is 10.4. The van der Waals surface area contributed by atoms with E-state index in [9.17, 15) is 14.9 Å². The number of hydrogen-bond donors (Lipinski definition) is 1. The van der Waals surface area contributed by atoms with Crippen molar-refractivity contribution in [2.75, 3.05) is 0 Å². The standard InChI is InChI=1S/C9H7N3O5S/c13-8(14)4-2-6-10-11-9(17-6)5-1-3-7(18-5)12(15)16/h1,3H,2,4H2,(H,13,14). The maximum Gasteiger partial charge on any atom is 0.324 e. The van der Waals surface area contributed by atoms with Crippen LogP contribution in [-0.2, 0) is 11.2 Å². The summed E-state index contributed by atoms with van der Waals surface area (Å²) in [5.74, 6) is -0.599. The first-order valence-corrected chi connectivity index (χ1v) is 5.66. The minimum Gasteiger partial charge on any atom is -0.481 e. The SMILES string of the molecule is O=C(O)CCc1nnc(-c2ccc([N+](=O)[O-])s2)o1. The Balaban J connectivity index is 2.13. The number of carboxylic acid groups (broad SMARTS) is 1. The second-order valence-electron chi connectivity index (χ2n) is 3.29. The van der Waals surface area contributed by atoms with Crippen LogP contribution in [0.15, 0.2) is 16.5 Å². The van der Waals surface area contributed by atoms with E-state index in [-0.39, 0.29) is 29.6 Å². The monoisotopic (exact) mass is 269 g/mol. The summed E-state index contributed by atoms with van der Waals surface area (Å²) in [7, 11) is 0. The first kappa shape index (κ1) is 12.2. The lowest BCUT2D eigenvalue weighted by Crippen LogP contribution is -1.97. The highest BCUT2D eigenvalue weighted by Gasteiger charge is 2.16. The molecule has 0 atom stereocenters. The summed E-state index contributed by atoms with van der Waals surface area (Å²) in [6.07, 6.45) is 0.0298. The van der Waals surface area contributed by atoms with Gasteiger partial charge < -0.3 is 9.52 Å². The Labute approximate surface area is 104 Å². The van der Waals surface area contributed by atoms with Crippen molar-refractivity contribution >= 4 is 22.3 Å². The zero-order valence-corrected chi connectivity index (χ0v) is 9.72. The van der Waals surface area contributed by atoms with Gasteiger partial charge in [-0.2, -0.15) is 0 Å². The maximum atomic E-state index is 10.5. The van der Waals surface area contributed by atoms with Crippen LogP contribution >= 0.6 is 11.3 Å². The van der Waals surface area contributed by atoms with Gasteiger partial charge in [0, 0.05) is 12.5 Å². The van der Waals surface area contributed by atoms with E-state index in [4.69, 9.17) is 9.52 Å². The molecule has 0 aliphatic heterocycles. The predicted octanol–water partition coefficient (Wildman–Crippen LogP) is 1.72. The van der Waals surface area contributed by atoms with Crippen molar-refractivity contribution in [3.63, 3.8) is 0 Å². The third kappa shape index (κ3) is 2.69. The van der Waals surface area contributed by atoms with E-state index in [0.717, 1.165) is 11.3 Å². The number of rotatable bonds is 5. The molecule has 2 heterocycles. The third-order valence-electron chi connectivity index (χ3n) is 2.00. The van der Waals surface area contributed by atoms with Crippen LogP contribution in [0.1, 0.15) is 12.3 Å². The van der Waals surface area contributed by atoms with E-state index in [2.05, 4.69) is 10.2 Å². The molecule has 0 amide bonds. The molecule has 9 heteroatoms. The van der Waals surface area contributed by atoms with Gasteiger partial charge in [0.25, 0.3) is 5.89 Å². The van der Waals surface area contributed by atoms with Crippen LogP contribution in [-0.4, -0.2) is 26.2 Å². The second-order valence-corrected chi connectivity index (χ2v) is 4.35. The highest BCUT2D eigenvalue weighted by Crippen LogP contribution is 2.31. The molecule has 0 aromatic carbocycles. The van der Waals surface area contributed by atoms with Gasteiger partial charge in [0.2, 0.25) is 5.89 Å². The van der Waals surface area contributed by atoms with E-state index in [1.165, 1.54) is 12.1 Å². The lowest BCUT2D eigenvalue weighted by atomic mass is 10.3. The number of aliphatic carboxylic acids is 1. The lowest BCUT2D eigenvalue weighted by molar-refractivity contribution is -0.380. The number of aromatic nitrogens is 2. The number of aryl methyl sites for hydroxylation is 1. The van der Waals surface area contributed by atoms with Crippen molar-refractivity contribution in [2.45, 2.75) is 12.8 Å². The fourth-order valence-corrected chi connectivity index (χ4v) is 1.95. The largest absolute Gasteiger partial charge is 0.481 e. The van der Waals surface area contributed by atoms with E-state index >= 15 is 0 Å². The molecule has 0 aliphatic carbocycles. The molecule has 0 saturated heterocycles. The Hall–Kier alpha value is -2.29. The highest BCUT2D eigenvalue weighted by atomic mass is 32.1. The molecule has 2 rings (SSSR count). The summed E-state index contributed by atoms with van der Waals surface area (Å²) in [5, 5.41) is 26.4. The Morgan fingerprint density at radius 1 is 1.50 bits per heavy atom. The van der Waals surface area contributed by atoms with E-state index < -0.39 is 10.9 Å². The van der Waals surface area contributed by atoms with E-state index in [0.29, 0.717) is 4.88 Å². The van der Waals surface area contributed by atoms with Gasteiger partial charge in [-0.25, -0.2) is 0 Å². The second kappa shape index (κ2) is 4.92. The fraction of sp³-hybridized carbons (Fsp3) is 0.222. The molecule has 2 aromatic heterocycles. The average Bonchev–Trinajstić information content (AvgIpc) is 2.95. The fourth-order valence-electron chi connectivity index (χ4n) is 1.21. The summed E-state index contributed by atoms with van der Waals surface area (Å²) < 4.78 is 5.22. The van der Waals surface area contributed by atoms with Gasteiger partial charge in [0.1, 0.15) is 0 Å². The zero-order chi connectivity index (χ0) is 13.1. The Morgan fingerprint density at radius 2 is 2.28 bits per heavy atom. The van der Waals surface area contributed by atoms with Crippen molar-refractivity contribution in [3.8, 4) is 10.8 Å². The van der Waals surface area contributed by atoms with Crippen LogP contribution in [0.25, 0.3) is 10.8 Å². The van der Waals surface area contributed by atoms with E-state index in [1.807, 2.05) is 0 Å². The summed E-state index contributed by atoms with van der Waals surface area (Å²) in [5.41, 5.74) is 0. The molecule has 94 valence electrons. The lowest BCUT2D eigenvalue weighted by Gasteiger charge is -1.89. The molecule has 0 bridgehead atoms. The molecule has 0 radical (unpaired) electrons. The van der Waals surface area contributed by atoms with Gasteiger partial charge in [-0.1, -0.05) is 11.3 Å². The molecule has 18 heavy (non-hydrogen) atoms. The number of nitro groups is 1. The highest BCUT2D eigenvalue weighted by molar-refractivity contribution is 7.18. The van der Waals surface area contributed by atoms with Crippen LogP contribution in [0.4, 0.5) is 5.00 Å². The quantitative estimate of drug-likeness (QED) is 0.648. The number of thiophene rings is 1. The van der Waals surface area contributed by atoms with Crippen LogP contribution in [0.2, 0.25) is 0 Å². The van der Waals surface area contributed by atoms with Crippen LogP contribution in [0.5, 0.6) is 0 Å². The number of carboxylic acids is 1. The number of carbonyl (C=O) groups is 1. The number of nitrogens with zero attached hydrogens (tertiary/aromatic N) is 3. The van der Waals surface area contributed by atoms with Crippen LogP contribution < -0.4 is 0 Å². The Bertz CT molecular complexity index is 591. The van der Waals surface area contributed by atoms with Crippen molar-refractivity contribution < 1.29 is 19.2 Å². The molecular formula is C9H7N3O5S. The van der Waals surface area contributed by atoms with Gasteiger partial charge >= 0.3 is 11.0 Å². The summed E-state index contributed by atoms with van der Waals surface area (Å²) in [4.78, 5) is 20.9. The van der Waals surface area contributed by atoms with Crippen LogP contribution in [0.3, 0.4) is 0 Å². The van der Waals surface area contributed by atoms with Crippen molar-refractivity contribution in [3.05, 3.63) is 28.1 Å². The molecular weight excluding hydrogens is 262 g/mol. The molecule has 8 nitrogen and oxygen atoms in total. The Morgan fingerprint density at radius 3 is 2.89 bits per heavy atom. The first-order chi connectivity index (χ1) is 8.56. The van der Waals surface area contributed by atoms with Gasteiger partial charge in [-0.05, 0) is 6.07 Å². The van der Waals surface area contributed by atoms with Crippen molar-refractivity contribution in [2.24, 2.45) is 0 Å². The zero-order valence-electron chi connectivity index (χ0n) is 8.90. The molecule has 2 aromatic rings. The molecule has 0 saturated carbocycles. The summed E-state index contributed by atoms with van der Waals surface area (Å²) in [6.45, 7) is 0. The molecule has 1 N–H and O–H groups in total. The topological polar surface area (TPSA) is 119 Å². The first-order valence-electron chi connectivity index (χ1n) is 4.85. The van der Waals surface area contributed by atoms with Gasteiger partial charge in [0.05, 0.1) is 16.2 Å². The maximum absolute atomic E-state index is 10.5. The smallest absolute Gasteiger partial charge is 0.324 e. The average molecular weight is 269 g/mol. The molecule has 0 spiro atoms. The van der Waals surface area contributed by atoms with Crippen molar-refractivity contribution in [1.29, 1.82) is 0 Å². The van der Waals surface area contributed by atoms with Gasteiger partial charge in [-0.3, -0.25) is 14.9 Å². The summed E-state index contributed by atoms with van der Waals surface area (Å²) in [6, 6.07) is 2.86. The minimum absolute atomic E-state index is 0.0183. The predicted molar refractivity (Wildman–Crippen MR) is 60.2 cm³/mol. The molecule has 0 fully saturated rings. The van der Waals surface area contributed by atoms with Crippen LogP contribution in [0, 0.1) is 10.1 Å². The minimum atomic E-state index is -0.957. The molecule has 0 aliphatic rings. The van der Waals surface area contributed by atoms with E-state index in [1.54, 1.807) is 0 Å². The molecule has 0 unspecified atom stereocenters. The Kier molecular flexibility index (Phi) is 3.33.